The van der Waals surface area contributed by atoms with Gasteiger partial charge in [-0.1, -0.05) is 42.5 Å². The number of rotatable bonds is 5. The molecule has 1 heterocycles. The number of fused-ring (bicyclic) bond motifs is 1. The van der Waals surface area contributed by atoms with Crippen LogP contribution in [-0.4, -0.2) is 38.8 Å². The maximum Gasteiger partial charge on any atom is 0.251 e. The van der Waals surface area contributed by atoms with Crippen LogP contribution in [0.5, 0.6) is 0 Å². The van der Waals surface area contributed by atoms with Crippen molar-refractivity contribution in [3.05, 3.63) is 83.7 Å². The molecule has 28 heavy (non-hydrogen) atoms. The fraction of sp³-hybridized carbons (Fsp3) is 0.261. The molecule has 0 saturated carbocycles. The molecule has 4 rings (SSSR count). The van der Waals surface area contributed by atoms with Gasteiger partial charge in [0.1, 0.15) is 24.9 Å². The summed E-state index contributed by atoms with van der Waals surface area (Å²) in [5.74, 6) is -0.342. The Morgan fingerprint density at radius 1 is 1.00 bits per heavy atom. The highest BCUT2D eigenvalue weighted by Gasteiger charge is 2.27. The first-order valence-electron chi connectivity index (χ1n) is 9.65. The minimum atomic E-state index is -0.250. The van der Waals surface area contributed by atoms with Crippen molar-refractivity contribution in [2.24, 2.45) is 0 Å². The van der Waals surface area contributed by atoms with Gasteiger partial charge in [-0.3, -0.25) is 4.79 Å². The Labute approximate surface area is 163 Å². The highest BCUT2D eigenvalue weighted by molar-refractivity contribution is 5.98. The first kappa shape index (κ1) is 18.6. The van der Waals surface area contributed by atoms with Crippen LogP contribution in [0.2, 0.25) is 0 Å². The Kier molecular flexibility index (Phi) is 5.65. The second-order valence-corrected chi connectivity index (χ2v) is 7.15. The monoisotopic (exact) mass is 379 g/mol. The first-order chi connectivity index (χ1) is 13.7. The number of carbonyl (C=O) groups excluding carboxylic acids is 1. The van der Waals surface area contributed by atoms with Crippen LogP contribution in [0.1, 0.15) is 22.0 Å². The maximum atomic E-state index is 13.4. The molecule has 0 aliphatic carbocycles. The average molecular weight is 379 g/mol. The predicted molar refractivity (Wildman–Crippen MR) is 107 cm³/mol. The third-order valence-electron chi connectivity index (χ3n) is 5.38. The number of quaternary nitrogens is 1. The quantitative estimate of drug-likeness (QED) is 0.715. The summed E-state index contributed by atoms with van der Waals surface area (Å²) in [6, 6.07) is 20.4. The normalized spacial score (nSPS) is 16.0. The van der Waals surface area contributed by atoms with Crippen molar-refractivity contribution in [3.63, 3.8) is 0 Å². The van der Waals surface area contributed by atoms with E-state index in [1.165, 1.54) is 17.0 Å². The molecule has 0 unspecified atom stereocenters. The summed E-state index contributed by atoms with van der Waals surface area (Å²) < 4.78 is 18.8. The number of amides is 1. The largest absolute Gasteiger partial charge is 0.370 e. The first-order valence-corrected chi connectivity index (χ1v) is 9.65. The van der Waals surface area contributed by atoms with E-state index < -0.39 is 0 Å². The third-order valence-corrected chi connectivity index (χ3v) is 5.38. The van der Waals surface area contributed by atoms with Gasteiger partial charge in [0.2, 0.25) is 0 Å². The molecule has 5 heteroatoms. The molecule has 1 fully saturated rings. The van der Waals surface area contributed by atoms with E-state index in [0.29, 0.717) is 25.3 Å². The summed E-state index contributed by atoms with van der Waals surface area (Å²) >= 11 is 0. The molecule has 2 N–H and O–H groups in total. The Morgan fingerprint density at radius 3 is 2.46 bits per heavy atom. The van der Waals surface area contributed by atoms with E-state index in [4.69, 9.17) is 4.74 Å². The summed E-state index contributed by atoms with van der Waals surface area (Å²) in [6.07, 6.45) is 0. The molecular formula is C23H24FN2O2+. The summed E-state index contributed by atoms with van der Waals surface area (Å²) in [4.78, 5) is 14.1. The van der Waals surface area contributed by atoms with Crippen molar-refractivity contribution in [1.82, 2.24) is 5.32 Å². The van der Waals surface area contributed by atoms with Crippen LogP contribution in [0.25, 0.3) is 10.8 Å². The molecule has 3 aromatic rings. The van der Waals surface area contributed by atoms with Crippen LogP contribution >= 0.6 is 0 Å². The van der Waals surface area contributed by atoms with Crippen LogP contribution in [0, 0.1) is 5.82 Å². The summed E-state index contributed by atoms with van der Waals surface area (Å²) in [7, 11) is 0. The maximum absolute atomic E-state index is 13.4. The molecule has 1 amide bonds. The van der Waals surface area contributed by atoms with Crippen LogP contribution in [0.3, 0.4) is 0 Å². The number of carbonyl (C=O) groups is 1. The van der Waals surface area contributed by atoms with Gasteiger partial charge in [0.25, 0.3) is 5.91 Å². The van der Waals surface area contributed by atoms with Crippen LogP contribution in [0.15, 0.2) is 66.7 Å². The van der Waals surface area contributed by atoms with Gasteiger partial charge in [-0.05, 0) is 35.0 Å². The third kappa shape index (κ3) is 4.21. The van der Waals surface area contributed by atoms with Crippen LogP contribution < -0.4 is 10.2 Å². The van der Waals surface area contributed by atoms with E-state index in [0.717, 1.165) is 29.4 Å². The zero-order valence-corrected chi connectivity index (χ0v) is 15.7. The van der Waals surface area contributed by atoms with E-state index in [9.17, 15) is 9.18 Å². The van der Waals surface area contributed by atoms with Crippen molar-refractivity contribution < 1.29 is 18.8 Å². The second kappa shape index (κ2) is 8.50. The zero-order valence-electron chi connectivity index (χ0n) is 15.7. The minimum Gasteiger partial charge on any atom is -0.370 e. The molecule has 3 aromatic carbocycles. The van der Waals surface area contributed by atoms with Gasteiger partial charge >= 0.3 is 0 Å². The number of hydrogen-bond acceptors (Lipinski definition) is 2. The van der Waals surface area contributed by atoms with Gasteiger partial charge in [-0.2, -0.15) is 0 Å². The van der Waals surface area contributed by atoms with E-state index in [1.807, 2.05) is 54.6 Å². The molecule has 0 bridgehead atoms. The molecule has 0 radical (unpaired) electrons. The van der Waals surface area contributed by atoms with Crippen molar-refractivity contribution in [2.45, 2.75) is 6.04 Å². The van der Waals surface area contributed by atoms with Crippen molar-refractivity contribution in [3.8, 4) is 0 Å². The molecule has 0 spiro atoms. The van der Waals surface area contributed by atoms with E-state index >= 15 is 0 Å². The fourth-order valence-electron chi connectivity index (χ4n) is 3.80. The van der Waals surface area contributed by atoms with Gasteiger partial charge in [-0.15, -0.1) is 0 Å². The van der Waals surface area contributed by atoms with Crippen molar-refractivity contribution in [1.29, 1.82) is 0 Å². The number of hydrogen-bond donors (Lipinski definition) is 2. The number of morpholine rings is 1. The Bertz CT molecular complexity index is 952. The Balaban J connectivity index is 1.50. The molecule has 1 atom stereocenters. The summed E-state index contributed by atoms with van der Waals surface area (Å²) in [6.45, 7) is 3.63. The van der Waals surface area contributed by atoms with Crippen molar-refractivity contribution in [2.75, 3.05) is 32.8 Å². The standard InChI is InChI=1S/C23H23FN2O2/c24-21-9-7-18(8-10-21)22(26-11-13-28-14-12-26)16-25-23(27)20-6-5-17-3-1-2-4-19(17)15-20/h1-10,15,22H,11-14,16H2,(H,25,27)/p+1/t22-/m0/s1. The molecule has 1 aliphatic rings. The molecule has 0 aromatic heterocycles. The number of benzene rings is 3. The lowest BCUT2D eigenvalue weighted by Crippen LogP contribution is -3.15. The van der Waals surface area contributed by atoms with Gasteiger partial charge < -0.3 is 15.0 Å². The molecule has 1 aliphatic heterocycles. The van der Waals surface area contributed by atoms with E-state index in [2.05, 4.69) is 5.32 Å². The molecule has 4 nitrogen and oxygen atoms in total. The summed E-state index contributed by atoms with van der Waals surface area (Å²) in [5, 5.41) is 5.24. The lowest BCUT2D eigenvalue weighted by Gasteiger charge is -2.32. The average Bonchev–Trinajstić information content (AvgIpc) is 2.75. The van der Waals surface area contributed by atoms with Crippen molar-refractivity contribution >= 4 is 16.7 Å². The number of nitrogens with one attached hydrogen (secondary N) is 2. The van der Waals surface area contributed by atoms with E-state index in [-0.39, 0.29) is 17.8 Å². The Morgan fingerprint density at radius 2 is 1.71 bits per heavy atom. The predicted octanol–water partition coefficient (Wildman–Crippen LogP) is 2.37. The SMILES string of the molecule is O=C(NC[C@@H](c1ccc(F)cc1)[NH+]1CCOCC1)c1ccc2ccccc2c1. The Hall–Kier alpha value is -2.76. The van der Waals surface area contributed by atoms with Crippen LogP contribution in [-0.2, 0) is 4.74 Å². The summed E-state index contributed by atoms with van der Waals surface area (Å²) in [5.41, 5.74) is 1.67. The molecule has 1 saturated heterocycles. The number of halogens is 1. The van der Waals surface area contributed by atoms with Gasteiger partial charge in [0.05, 0.1) is 19.8 Å². The highest BCUT2D eigenvalue weighted by atomic mass is 19.1. The van der Waals surface area contributed by atoms with Crippen LogP contribution in [0.4, 0.5) is 4.39 Å². The topological polar surface area (TPSA) is 42.8 Å². The lowest BCUT2D eigenvalue weighted by atomic mass is 10.0. The smallest absolute Gasteiger partial charge is 0.251 e. The number of ether oxygens (including phenoxy) is 1. The van der Waals surface area contributed by atoms with Gasteiger partial charge in [0.15, 0.2) is 0 Å². The minimum absolute atomic E-state index is 0.0638. The molecule has 144 valence electrons. The second-order valence-electron chi connectivity index (χ2n) is 7.15. The fourth-order valence-corrected chi connectivity index (χ4v) is 3.80. The van der Waals surface area contributed by atoms with Gasteiger partial charge in [0, 0.05) is 11.1 Å². The van der Waals surface area contributed by atoms with E-state index in [1.54, 1.807) is 0 Å². The highest BCUT2D eigenvalue weighted by Crippen LogP contribution is 2.16. The van der Waals surface area contributed by atoms with Gasteiger partial charge in [-0.25, -0.2) is 4.39 Å². The lowest BCUT2D eigenvalue weighted by molar-refractivity contribution is -0.937. The zero-order chi connectivity index (χ0) is 19.3. The molecular weight excluding hydrogens is 355 g/mol.